The third-order valence-corrected chi connectivity index (χ3v) is 3.90. The molecule has 4 nitrogen and oxygen atoms in total. The summed E-state index contributed by atoms with van der Waals surface area (Å²) in [5, 5.41) is 17.8. The number of nitrogens with zero attached hydrogens (tertiary/aromatic N) is 1. The molecule has 0 atom stereocenters. The van der Waals surface area contributed by atoms with E-state index in [4.69, 9.17) is 0 Å². The number of rotatable bonds is 3. The van der Waals surface area contributed by atoms with Crippen molar-refractivity contribution in [1.29, 1.82) is 0 Å². The van der Waals surface area contributed by atoms with E-state index in [9.17, 15) is 22.7 Å². The molecule has 0 radical (unpaired) electrons. The maximum Gasteiger partial charge on any atom is 0.418 e. The second-order valence-electron chi connectivity index (χ2n) is 5.12. The molecular weight excluding hydrogens is 406 g/mol. The van der Waals surface area contributed by atoms with Gasteiger partial charge >= 0.3 is 6.18 Å². The summed E-state index contributed by atoms with van der Waals surface area (Å²) in [6.07, 6.45) is -4.61. The molecule has 9 heteroatoms. The van der Waals surface area contributed by atoms with E-state index >= 15 is 0 Å². The maximum absolute atomic E-state index is 14.5. The van der Waals surface area contributed by atoms with E-state index in [0.29, 0.717) is 5.56 Å². The van der Waals surface area contributed by atoms with Crippen molar-refractivity contribution in [3.63, 3.8) is 0 Å². The highest BCUT2D eigenvalue weighted by atomic mass is 79.9. The van der Waals surface area contributed by atoms with Gasteiger partial charge in [-0.2, -0.15) is 18.3 Å². The van der Waals surface area contributed by atoms with Crippen LogP contribution in [-0.4, -0.2) is 15.3 Å². The molecule has 0 saturated heterocycles. The van der Waals surface area contributed by atoms with Crippen molar-refractivity contribution in [2.75, 3.05) is 5.32 Å². The summed E-state index contributed by atoms with van der Waals surface area (Å²) in [6, 6.07) is 9.11. The molecule has 130 valence electrons. The highest BCUT2D eigenvalue weighted by Gasteiger charge is 2.34. The van der Waals surface area contributed by atoms with Gasteiger partial charge in [0.25, 0.3) is 0 Å². The minimum Gasteiger partial charge on any atom is -0.508 e. The van der Waals surface area contributed by atoms with Crippen LogP contribution >= 0.6 is 15.9 Å². The van der Waals surface area contributed by atoms with Crippen LogP contribution < -0.4 is 5.32 Å². The summed E-state index contributed by atoms with van der Waals surface area (Å²) in [5.74, 6) is -1.19. The monoisotopic (exact) mass is 415 g/mol. The van der Waals surface area contributed by atoms with Crippen LogP contribution in [0, 0.1) is 5.82 Å². The SMILES string of the molecule is Oc1ccc(-c2[nH]nc(Nc3ccc(Br)cc3C(F)(F)F)c2F)cc1. The van der Waals surface area contributed by atoms with Crippen LogP contribution in [0.2, 0.25) is 0 Å². The van der Waals surface area contributed by atoms with Crippen LogP contribution in [0.3, 0.4) is 0 Å². The predicted molar refractivity (Wildman–Crippen MR) is 88.1 cm³/mol. The zero-order valence-corrected chi connectivity index (χ0v) is 13.9. The predicted octanol–water partition coefficient (Wildman–Crippen LogP) is 5.45. The van der Waals surface area contributed by atoms with Gasteiger partial charge in [0.05, 0.1) is 11.3 Å². The van der Waals surface area contributed by atoms with Crippen molar-refractivity contribution in [3.8, 4) is 17.0 Å². The molecule has 0 bridgehead atoms. The second kappa shape index (κ2) is 6.40. The van der Waals surface area contributed by atoms with Gasteiger partial charge in [0.2, 0.25) is 0 Å². The maximum atomic E-state index is 14.5. The van der Waals surface area contributed by atoms with Gasteiger partial charge < -0.3 is 10.4 Å². The van der Waals surface area contributed by atoms with Crippen molar-refractivity contribution in [1.82, 2.24) is 10.2 Å². The standard InChI is InChI=1S/C16H10BrF4N3O/c17-9-3-6-12(11(7-9)16(19,20)21)22-15-13(18)14(23-24-15)8-1-4-10(25)5-2-8/h1-7,25H,(H2,22,23,24). The van der Waals surface area contributed by atoms with E-state index in [-0.39, 0.29) is 27.4 Å². The van der Waals surface area contributed by atoms with Crippen molar-refractivity contribution in [2.24, 2.45) is 0 Å². The fourth-order valence-electron chi connectivity index (χ4n) is 2.22. The molecule has 3 rings (SSSR count). The molecule has 0 saturated carbocycles. The Kier molecular flexibility index (Phi) is 4.42. The zero-order valence-electron chi connectivity index (χ0n) is 12.3. The first-order chi connectivity index (χ1) is 11.8. The lowest BCUT2D eigenvalue weighted by molar-refractivity contribution is -0.137. The molecule has 1 heterocycles. The molecule has 0 fully saturated rings. The molecule has 3 N–H and O–H groups in total. The van der Waals surface area contributed by atoms with Crippen molar-refractivity contribution in [3.05, 3.63) is 58.3 Å². The molecule has 2 aromatic carbocycles. The number of benzene rings is 2. The number of hydrogen-bond donors (Lipinski definition) is 3. The van der Waals surface area contributed by atoms with Gasteiger partial charge in [-0.3, -0.25) is 5.10 Å². The Balaban J connectivity index is 1.97. The lowest BCUT2D eigenvalue weighted by Crippen LogP contribution is -2.09. The largest absolute Gasteiger partial charge is 0.508 e. The average molecular weight is 416 g/mol. The lowest BCUT2D eigenvalue weighted by atomic mass is 10.1. The van der Waals surface area contributed by atoms with Gasteiger partial charge in [-0.05, 0) is 42.5 Å². The van der Waals surface area contributed by atoms with Gasteiger partial charge in [0, 0.05) is 10.0 Å². The van der Waals surface area contributed by atoms with Crippen LogP contribution in [0.1, 0.15) is 5.56 Å². The normalized spacial score (nSPS) is 11.6. The van der Waals surface area contributed by atoms with Gasteiger partial charge in [-0.1, -0.05) is 15.9 Å². The third kappa shape index (κ3) is 3.60. The van der Waals surface area contributed by atoms with Crippen LogP contribution in [-0.2, 0) is 6.18 Å². The lowest BCUT2D eigenvalue weighted by Gasteiger charge is -2.13. The number of aromatic amines is 1. The number of nitrogens with one attached hydrogen (secondary N) is 2. The number of aromatic nitrogens is 2. The highest BCUT2D eigenvalue weighted by Crippen LogP contribution is 2.38. The zero-order chi connectivity index (χ0) is 18.2. The topological polar surface area (TPSA) is 60.9 Å². The number of alkyl halides is 3. The number of halogens is 5. The van der Waals surface area contributed by atoms with E-state index in [1.165, 1.54) is 36.4 Å². The summed E-state index contributed by atoms with van der Waals surface area (Å²) in [6.45, 7) is 0. The molecule has 0 unspecified atom stereocenters. The first-order valence-corrected chi connectivity index (χ1v) is 7.72. The molecule has 1 aromatic heterocycles. The minimum absolute atomic E-state index is 0.00621. The summed E-state index contributed by atoms with van der Waals surface area (Å²) in [5.41, 5.74) is -0.885. The van der Waals surface area contributed by atoms with E-state index in [1.807, 2.05) is 0 Å². The molecular formula is C16H10BrF4N3O. The Labute approximate surface area is 147 Å². The fraction of sp³-hybridized carbons (Fsp3) is 0.0625. The Morgan fingerprint density at radius 2 is 1.76 bits per heavy atom. The Morgan fingerprint density at radius 1 is 1.08 bits per heavy atom. The molecule has 25 heavy (non-hydrogen) atoms. The molecule has 0 spiro atoms. The second-order valence-corrected chi connectivity index (χ2v) is 6.04. The highest BCUT2D eigenvalue weighted by molar-refractivity contribution is 9.10. The van der Waals surface area contributed by atoms with E-state index in [1.54, 1.807) is 0 Å². The number of anilines is 2. The van der Waals surface area contributed by atoms with Gasteiger partial charge in [-0.15, -0.1) is 0 Å². The van der Waals surface area contributed by atoms with Gasteiger partial charge in [0.1, 0.15) is 11.4 Å². The summed E-state index contributed by atoms with van der Waals surface area (Å²) in [4.78, 5) is 0. The van der Waals surface area contributed by atoms with Crippen molar-refractivity contribution < 1.29 is 22.7 Å². The Morgan fingerprint density at radius 3 is 2.40 bits per heavy atom. The summed E-state index contributed by atoms with van der Waals surface area (Å²) in [7, 11) is 0. The van der Waals surface area contributed by atoms with Crippen molar-refractivity contribution in [2.45, 2.75) is 6.18 Å². The van der Waals surface area contributed by atoms with Crippen LogP contribution in [0.4, 0.5) is 29.1 Å². The number of phenolic OH excluding ortho intramolecular Hbond substituents is 1. The Bertz CT molecular complexity index is 907. The number of aromatic hydroxyl groups is 1. The molecule has 0 amide bonds. The third-order valence-electron chi connectivity index (χ3n) is 3.40. The number of H-pyrrole nitrogens is 1. The molecule has 3 aromatic rings. The smallest absolute Gasteiger partial charge is 0.418 e. The first-order valence-electron chi connectivity index (χ1n) is 6.93. The van der Waals surface area contributed by atoms with Gasteiger partial charge in [-0.25, -0.2) is 4.39 Å². The van der Waals surface area contributed by atoms with E-state index in [2.05, 4.69) is 31.4 Å². The fourth-order valence-corrected chi connectivity index (χ4v) is 2.58. The van der Waals surface area contributed by atoms with E-state index in [0.717, 1.165) is 6.07 Å². The quantitative estimate of drug-likeness (QED) is 0.498. The molecule has 0 aliphatic carbocycles. The average Bonchev–Trinajstić information content (AvgIpc) is 2.90. The molecule has 0 aliphatic rings. The number of phenols is 1. The Hall–Kier alpha value is -2.55. The first kappa shape index (κ1) is 17.3. The summed E-state index contributed by atoms with van der Waals surface area (Å²) >= 11 is 2.99. The molecule has 0 aliphatic heterocycles. The van der Waals surface area contributed by atoms with E-state index < -0.39 is 17.6 Å². The van der Waals surface area contributed by atoms with Crippen LogP contribution in [0.25, 0.3) is 11.3 Å². The van der Waals surface area contributed by atoms with Crippen LogP contribution in [0.15, 0.2) is 46.9 Å². The van der Waals surface area contributed by atoms with Crippen molar-refractivity contribution >= 4 is 27.4 Å². The minimum atomic E-state index is -4.61. The summed E-state index contributed by atoms with van der Waals surface area (Å²) < 4.78 is 54.2. The van der Waals surface area contributed by atoms with Crippen LogP contribution in [0.5, 0.6) is 5.75 Å². The van der Waals surface area contributed by atoms with Gasteiger partial charge in [0.15, 0.2) is 11.6 Å². The number of hydrogen-bond acceptors (Lipinski definition) is 3.